The number of nitrogens with zero attached hydrogens (tertiary/aromatic N) is 2. The summed E-state index contributed by atoms with van der Waals surface area (Å²) < 4.78 is 11.3. The highest BCUT2D eigenvalue weighted by molar-refractivity contribution is 9.10. The highest BCUT2D eigenvalue weighted by Crippen LogP contribution is 2.23. The second-order valence-corrected chi connectivity index (χ2v) is 9.20. The van der Waals surface area contributed by atoms with Crippen molar-refractivity contribution in [3.05, 3.63) is 64.1 Å². The first-order chi connectivity index (χ1) is 16.9. The maximum absolute atomic E-state index is 12.8. The number of imide groups is 1. The van der Waals surface area contributed by atoms with Gasteiger partial charge >= 0.3 is 5.97 Å². The van der Waals surface area contributed by atoms with Crippen molar-refractivity contribution in [1.82, 2.24) is 10.2 Å². The summed E-state index contributed by atoms with van der Waals surface area (Å²) in [5.74, 6) is -1.59. The van der Waals surface area contributed by atoms with E-state index >= 15 is 0 Å². The topological polar surface area (TPSA) is 105 Å². The molecule has 0 aliphatic carbocycles. The van der Waals surface area contributed by atoms with Crippen LogP contribution in [0, 0.1) is 0 Å². The number of Topliss-reactive ketones (excluding diaryl/α,β-unsaturated/α-hetero) is 1. The molecule has 2 aromatic carbocycles. The SMILES string of the molecule is O=C(COC(=O)c1ccc(N2C(=O)CC(NCCN3CCOCC3)C2=O)cc1)c1ccc(Br)cc1. The van der Waals surface area contributed by atoms with Crippen LogP contribution in [0.3, 0.4) is 0 Å². The number of nitrogens with one attached hydrogen (secondary N) is 1. The molecule has 2 aliphatic rings. The number of halogens is 1. The molecule has 0 radical (unpaired) electrons. The minimum Gasteiger partial charge on any atom is -0.454 e. The van der Waals surface area contributed by atoms with Crippen molar-refractivity contribution in [3.63, 3.8) is 0 Å². The number of rotatable bonds is 9. The van der Waals surface area contributed by atoms with Crippen LogP contribution in [0.2, 0.25) is 0 Å². The second kappa shape index (κ2) is 11.7. The summed E-state index contributed by atoms with van der Waals surface area (Å²) in [5.41, 5.74) is 1.05. The van der Waals surface area contributed by atoms with E-state index in [1.165, 1.54) is 24.3 Å². The maximum atomic E-state index is 12.8. The molecule has 2 amide bonds. The third-order valence-electron chi connectivity index (χ3n) is 5.93. The first-order valence-electron chi connectivity index (χ1n) is 11.4. The monoisotopic (exact) mass is 543 g/mol. The number of morpholine rings is 1. The van der Waals surface area contributed by atoms with Gasteiger partial charge in [0.1, 0.15) is 0 Å². The minimum atomic E-state index is -0.663. The van der Waals surface area contributed by atoms with Crippen molar-refractivity contribution < 1.29 is 28.7 Å². The Kier molecular flexibility index (Phi) is 8.40. The molecule has 1 unspecified atom stereocenters. The van der Waals surface area contributed by atoms with Crippen LogP contribution < -0.4 is 10.2 Å². The highest BCUT2D eigenvalue weighted by Gasteiger charge is 2.39. The van der Waals surface area contributed by atoms with E-state index < -0.39 is 12.0 Å². The van der Waals surface area contributed by atoms with E-state index in [0.29, 0.717) is 31.0 Å². The van der Waals surface area contributed by atoms with Gasteiger partial charge in [-0.05, 0) is 36.4 Å². The lowest BCUT2D eigenvalue weighted by molar-refractivity contribution is -0.121. The van der Waals surface area contributed by atoms with Crippen LogP contribution in [0.4, 0.5) is 5.69 Å². The number of anilines is 1. The minimum absolute atomic E-state index is 0.0872. The van der Waals surface area contributed by atoms with Gasteiger partial charge in [-0.15, -0.1) is 0 Å². The van der Waals surface area contributed by atoms with Crippen molar-refractivity contribution in [2.75, 3.05) is 50.9 Å². The molecule has 35 heavy (non-hydrogen) atoms. The van der Waals surface area contributed by atoms with Crippen LogP contribution in [0.1, 0.15) is 27.1 Å². The average Bonchev–Trinajstić information content (AvgIpc) is 3.16. The molecule has 2 heterocycles. The Morgan fingerprint density at radius 1 is 1.00 bits per heavy atom. The van der Waals surface area contributed by atoms with Crippen LogP contribution in [-0.2, 0) is 19.1 Å². The Morgan fingerprint density at radius 2 is 1.66 bits per heavy atom. The fourth-order valence-electron chi connectivity index (χ4n) is 3.96. The molecular formula is C25H26BrN3O6. The summed E-state index contributed by atoms with van der Waals surface area (Å²) >= 11 is 3.30. The molecular weight excluding hydrogens is 518 g/mol. The zero-order valence-electron chi connectivity index (χ0n) is 19.1. The van der Waals surface area contributed by atoms with Gasteiger partial charge in [0.2, 0.25) is 5.91 Å². The molecule has 2 aromatic rings. The lowest BCUT2D eigenvalue weighted by Gasteiger charge is -2.27. The Morgan fingerprint density at radius 3 is 2.34 bits per heavy atom. The largest absolute Gasteiger partial charge is 0.454 e. The number of amides is 2. The first-order valence-corrected chi connectivity index (χ1v) is 12.2. The number of hydrogen-bond donors (Lipinski definition) is 1. The maximum Gasteiger partial charge on any atom is 0.338 e. The standard InChI is InChI=1S/C25H26BrN3O6/c26-19-5-1-17(2-6-19)22(30)16-35-25(33)18-3-7-20(8-4-18)29-23(31)15-21(24(29)32)27-9-10-28-11-13-34-14-12-28/h1-8,21,27H,9-16H2. The van der Waals surface area contributed by atoms with Crippen molar-refractivity contribution >= 4 is 45.2 Å². The van der Waals surface area contributed by atoms with Gasteiger partial charge < -0.3 is 14.8 Å². The predicted octanol–water partition coefficient (Wildman–Crippen LogP) is 2.04. The smallest absolute Gasteiger partial charge is 0.338 e. The number of esters is 1. The van der Waals surface area contributed by atoms with Gasteiger partial charge in [0.15, 0.2) is 12.4 Å². The molecule has 184 valence electrons. The predicted molar refractivity (Wildman–Crippen MR) is 131 cm³/mol. The van der Waals surface area contributed by atoms with Crippen molar-refractivity contribution in [1.29, 1.82) is 0 Å². The molecule has 4 rings (SSSR count). The Balaban J connectivity index is 1.28. The molecule has 1 atom stereocenters. The number of benzene rings is 2. The highest BCUT2D eigenvalue weighted by atomic mass is 79.9. The lowest BCUT2D eigenvalue weighted by Crippen LogP contribution is -2.44. The quantitative estimate of drug-likeness (QED) is 0.291. The molecule has 2 fully saturated rings. The summed E-state index contributed by atoms with van der Waals surface area (Å²) in [4.78, 5) is 53.3. The van der Waals surface area contributed by atoms with Crippen molar-refractivity contribution in [3.8, 4) is 0 Å². The zero-order chi connectivity index (χ0) is 24.8. The van der Waals surface area contributed by atoms with E-state index in [0.717, 1.165) is 29.0 Å². The van der Waals surface area contributed by atoms with Crippen molar-refractivity contribution in [2.45, 2.75) is 12.5 Å². The molecule has 2 saturated heterocycles. The summed E-state index contributed by atoms with van der Waals surface area (Å²) in [7, 11) is 0. The molecule has 0 spiro atoms. The Labute approximate surface area is 211 Å². The number of ether oxygens (including phenoxy) is 2. The fourth-order valence-corrected chi connectivity index (χ4v) is 4.23. The summed E-state index contributed by atoms with van der Waals surface area (Å²) in [6.45, 7) is 4.13. The van der Waals surface area contributed by atoms with E-state index in [9.17, 15) is 19.2 Å². The molecule has 0 bridgehead atoms. The third-order valence-corrected chi connectivity index (χ3v) is 6.46. The number of hydrogen-bond acceptors (Lipinski definition) is 8. The summed E-state index contributed by atoms with van der Waals surface area (Å²) in [6, 6.07) is 12.2. The number of ketones is 1. The van der Waals surface area contributed by atoms with Gasteiger partial charge in [-0.25, -0.2) is 9.69 Å². The Bertz CT molecular complexity index is 1080. The van der Waals surface area contributed by atoms with Crippen LogP contribution in [-0.4, -0.2) is 80.5 Å². The van der Waals surface area contributed by atoms with Gasteiger partial charge in [0.25, 0.3) is 5.91 Å². The lowest BCUT2D eigenvalue weighted by atomic mass is 10.1. The van der Waals surface area contributed by atoms with Gasteiger partial charge in [0.05, 0.1) is 36.9 Å². The fraction of sp³-hybridized carbons (Fsp3) is 0.360. The van der Waals surface area contributed by atoms with Gasteiger partial charge in [0, 0.05) is 36.2 Å². The van der Waals surface area contributed by atoms with Crippen LogP contribution in [0.25, 0.3) is 0 Å². The van der Waals surface area contributed by atoms with E-state index in [-0.39, 0.29) is 36.2 Å². The molecule has 9 nitrogen and oxygen atoms in total. The average molecular weight is 544 g/mol. The van der Waals surface area contributed by atoms with Crippen LogP contribution >= 0.6 is 15.9 Å². The summed E-state index contributed by atoms with van der Waals surface area (Å²) in [6.07, 6.45) is 0.0872. The van der Waals surface area contributed by atoms with E-state index in [2.05, 4.69) is 26.1 Å². The van der Waals surface area contributed by atoms with Gasteiger partial charge in [-0.3, -0.25) is 19.3 Å². The van der Waals surface area contributed by atoms with E-state index in [1.54, 1.807) is 24.3 Å². The van der Waals surface area contributed by atoms with Crippen LogP contribution in [0.5, 0.6) is 0 Å². The van der Waals surface area contributed by atoms with Crippen molar-refractivity contribution in [2.24, 2.45) is 0 Å². The number of carbonyl (C=O) groups excluding carboxylic acids is 4. The van der Waals surface area contributed by atoms with E-state index in [1.807, 2.05) is 0 Å². The molecule has 1 N–H and O–H groups in total. The molecule has 0 aromatic heterocycles. The molecule has 2 aliphatic heterocycles. The van der Waals surface area contributed by atoms with Crippen LogP contribution in [0.15, 0.2) is 53.0 Å². The molecule has 0 saturated carbocycles. The number of carbonyl (C=O) groups is 4. The Hall–Kier alpha value is -2.92. The summed E-state index contributed by atoms with van der Waals surface area (Å²) in [5, 5.41) is 3.18. The first kappa shape index (κ1) is 25.2. The van der Waals surface area contributed by atoms with Gasteiger partial charge in [-0.2, -0.15) is 0 Å². The third kappa shape index (κ3) is 6.40. The van der Waals surface area contributed by atoms with Gasteiger partial charge in [-0.1, -0.05) is 28.1 Å². The molecule has 10 heteroatoms. The van der Waals surface area contributed by atoms with E-state index in [4.69, 9.17) is 9.47 Å². The zero-order valence-corrected chi connectivity index (χ0v) is 20.7. The second-order valence-electron chi connectivity index (χ2n) is 8.29. The normalized spacial score (nSPS) is 18.7.